The Balaban J connectivity index is 1.69. The van der Waals surface area contributed by atoms with Gasteiger partial charge >= 0.3 is 5.97 Å². The fourth-order valence-corrected chi connectivity index (χ4v) is 6.27. The molecule has 0 radical (unpaired) electrons. The summed E-state index contributed by atoms with van der Waals surface area (Å²) in [6.07, 6.45) is 14.7. The van der Waals surface area contributed by atoms with Gasteiger partial charge in [0.1, 0.15) is 0 Å². The highest BCUT2D eigenvalue weighted by atomic mass is 16.7. The van der Waals surface area contributed by atoms with E-state index in [1.165, 1.54) is 84.0 Å². The molecule has 8 heteroatoms. The van der Waals surface area contributed by atoms with Gasteiger partial charge in [0.05, 0.1) is 18.8 Å². The second-order valence-corrected chi connectivity index (χ2v) is 13.4. The molecule has 0 aromatic heterocycles. The van der Waals surface area contributed by atoms with E-state index in [0.717, 1.165) is 48.3 Å². The van der Waals surface area contributed by atoms with Crippen LogP contribution in [-0.2, 0) is 37.0 Å². The van der Waals surface area contributed by atoms with Crippen molar-refractivity contribution in [1.29, 1.82) is 0 Å². The van der Waals surface area contributed by atoms with Gasteiger partial charge in [-0.2, -0.15) is 0 Å². The number of rotatable bonds is 23. The number of ether oxygens (including phenoxy) is 3. The number of aliphatic hydroxyl groups is 1. The van der Waals surface area contributed by atoms with Crippen molar-refractivity contribution in [2.75, 3.05) is 19.6 Å². The summed E-state index contributed by atoms with van der Waals surface area (Å²) in [4.78, 5) is 26.1. The summed E-state index contributed by atoms with van der Waals surface area (Å²) in [5, 5.41) is 12.4. The molecule has 8 nitrogen and oxygen atoms in total. The third-order valence-corrected chi connectivity index (χ3v) is 9.16. The number of hydrogen-bond donors (Lipinski definition) is 2. The van der Waals surface area contributed by atoms with Gasteiger partial charge in [-0.1, -0.05) is 127 Å². The van der Waals surface area contributed by atoms with Crippen LogP contribution in [0.15, 0.2) is 48.5 Å². The highest BCUT2D eigenvalue weighted by molar-refractivity contribution is 5.82. The smallest absolute Gasteiger partial charge is 0.303 e. The Labute approximate surface area is 289 Å². The van der Waals surface area contributed by atoms with Crippen molar-refractivity contribution in [3.8, 4) is 0 Å². The minimum absolute atomic E-state index is 0.00757. The maximum atomic E-state index is 12.3. The van der Waals surface area contributed by atoms with Gasteiger partial charge in [-0.25, -0.2) is 0 Å². The summed E-state index contributed by atoms with van der Waals surface area (Å²) in [5.74, 6) is -0.819. The van der Waals surface area contributed by atoms with E-state index in [-0.39, 0.29) is 24.7 Å². The molecule has 0 spiro atoms. The molecule has 0 saturated carbocycles. The summed E-state index contributed by atoms with van der Waals surface area (Å²) in [6.45, 7) is 10.8. The first-order valence-corrected chi connectivity index (χ1v) is 18.6. The molecule has 1 saturated heterocycles. The van der Waals surface area contributed by atoms with Crippen molar-refractivity contribution in [2.45, 2.75) is 149 Å². The molecule has 48 heavy (non-hydrogen) atoms. The van der Waals surface area contributed by atoms with Gasteiger partial charge < -0.3 is 29.5 Å². The van der Waals surface area contributed by atoms with Crippen LogP contribution >= 0.6 is 0 Å². The molecular weight excluding hydrogens is 604 g/mol. The molecule has 1 aliphatic rings. The molecule has 2 aromatic rings. The summed E-state index contributed by atoms with van der Waals surface area (Å²) in [5.41, 5.74) is 3.83. The van der Waals surface area contributed by atoms with Crippen molar-refractivity contribution in [1.82, 2.24) is 10.2 Å². The summed E-state index contributed by atoms with van der Waals surface area (Å²) < 4.78 is 18.3. The standard InChI is InChI=1S/C40H62N2O6/c1-5-7-9-11-13-15-25-42(26-16-14-12-10-8-6-2)29-37-27-38(35-21-19-34(30-43)20-22-35)48-40(47-37)36-23-17-33(18-24-36)28-41-39(45)31(3)46-32(4)44/h17-24,31,37-38,40,43H,5-16,25-30H2,1-4H3,(H,41,45). The fraction of sp³-hybridized carbons (Fsp3) is 0.650. The van der Waals surface area contributed by atoms with E-state index in [2.05, 4.69) is 36.2 Å². The molecule has 4 unspecified atom stereocenters. The van der Waals surface area contributed by atoms with Crippen LogP contribution in [0.3, 0.4) is 0 Å². The van der Waals surface area contributed by atoms with Gasteiger partial charge in [0.2, 0.25) is 0 Å². The second kappa shape index (κ2) is 22.8. The fourth-order valence-electron chi connectivity index (χ4n) is 6.27. The van der Waals surface area contributed by atoms with Crippen LogP contribution in [0.1, 0.15) is 146 Å². The number of unbranched alkanes of at least 4 members (excludes halogenated alkanes) is 10. The molecule has 2 aromatic carbocycles. The summed E-state index contributed by atoms with van der Waals surface area (Å²) in [7, 11) is 0. The van der Waals surface area contributed by atoms with Crippen molar-refractivity contribution in [3.63, 3.8) is 0 Å². The number of esters is 1. The average molecular weight is 667 g/mol. The van der Waals surface area contributed by atoms with Gasteiger partial charge in [0, 0.05) is 32.0 Å². The van der Waals surface area contributed by atoms with Crippen molar-refractivity contribution < 1.29 is 28.9 Å². The number of carbonyl (C=O) groups is 2. The monoisotopic (exact) mass is 666 g/mol. The predicted octanol–water partition coefficient (Wildman–Crippen LogP) is 8.32. The Morgan fingerprint density at radius 2 is 1.35 bits per heavy atom. The topological polar surface area (TPSA) is 97.3 Å². The first-order valence-electron chi connectivity index (χ1n) is 18.6. The molecule has 0 bridgehead atoms. The van der Waals surface area contributed by atoms with E-state index in [1.54, 1.807) is 6.92 Å². The molecule has 4 atom stereocenters. The zero-order valence-electron chi connectivity index (χ0n) is 30.1. The number of aliphatic hydroxyl groups excluding tert-OH is 1. The van der Waals surface area contributed by atoms with Gasteiger partial charge in [-0.3, -0.25) is 9.59 Å². The van der Waals surface area contributed by atoms with Gasteiger partial charge in [-0.05, 0) is 49.5 Å². The number of nitrogens with one attached hydrogen (secondary N) is 1. The second-order valence-electron chi connectivity index (χ2n) is 13.4. The number of hydrogen-bond acceptors (Lipinski definition) is 7. The predicted molar refractivity (Wildman–Crippen MR) is 191 cm³/mol. The zero-order valence-corrected chi connectivity index (χ0v) is 30.1. The minimum Gasteiger partial charge on any atom is -0.453 e. The third kappa shape index (κ3) is 14.8. The Hall–Kier alpha value is -2.78. The Morgan fingerprint density at radius 3 is 1.92 bits per heavy atom. The Kier molecular flexibility index (Phi) is 18.8. The van der Waals surface area contributed by atoms with Crippen molar-refractivity contribution >= 4 is 11.9 Å². The van der Waals surface area contributed by atoms with E-state index in [9.17, 15) is 14.7 Å². The average Bonchev–Trinajstić information content (AvgIpc) is 3.09. The first kappa shape index (κ1) is 39.7. The van der Waals surface area contributed by atoms with E-state index < -0.39 is 18.4 Å². The van der Waals surface area contributed by atoms with E-state index in [1.807, 2.05) is 36.4 Å². The van der Waals surface area contributed by atoms with Gasteiger partial charge in [0.25, 0.3) is 5.91 Å². The van der Waals surface area contributed by atoms with E-state index in [0.29, 0.717) is 6.54 Å². The molecule has 1 heterocycles. The Morgan fingerprint density at radius 1 is 0.812 bits per heavy atom. The van der Waals surface area contributed by atoms with Crippen molar-refractivity contribution in [3.05, 3.63) is 70.8 Å². The van der Waals surface area contributed by atoms with Crippen LogP contribution in [0.2, 0.25) is 0 Å². The van der Waals surface area contributed by atoms with E-state index in [4.69, 9.17) is 14.2 Å². The molecular formula is C40H62N2O6. The van der Waals surface area contributed by atoms with Crippen LogP contribution < -0.4 is 5.32 Å². The van der Waals surface area contributed by atoms with Gasteiger partial charge in [-0.15, -0.1) is 0 Å². The molecule has 2 N–H and O–H groups in total. The minimum atomic E-state index is -0.840. The lowest BCUT2D eigenvalue weighted by atomic mass is 9.99. The zero-order chi connectivity index (χ0) is 34.6. The molecule has 1 fully saturated rings. The van der Waals surface area contributed by atoms with E-state index >= 15 is 0 Å². The number of nitrogens with zero attached hydrogens (tertiary/aromatic N) is 1. The summed E-state index contributed by atoms with van der Waals surface area (Å²) >= 11 is 0. The maximum Gasteiger partial charge on any atom is 0.303 e. The lowest BCUT2D eigenvalue weighted by Crippen LogP contribution is -2.40. The Bertz CT molecular complexity index is 1160. The van der Waals surface area contributed by atoms with Crippen LogP contribution in [0, 0.1) is 0 Å². The SMILES string of the molecule is CCCCCCCCN(CCCCCCCC)CC1CC(c2ccc(CO)cc2)OC(c2ccc(CNC(=O)C(C)OC(C)=O)cc2)O1. The summed E-state index contributed by atoms with van der Waals surface area (Å²) in [6, 6.07) is 16.0. The highest BCUT2D eigenvalue weighted by Crippen LogP contribution is 2.38. The lowest BCUT2D eigenvalue weighted by Gasteiger charge is -2.38. The number of carbonyl (C=O) groups excluding carboxylic acids is 2. The van der Waals surface area contributed by atoms with Crippen LogP contribution in [0.5, 0.6) is 0 Å². The maximum absolute atomic E-state index is 12.3. The molecule has 3 rings (SSSR count). The highest BCUT2D eigenvalue weighted by Gasteiger charge is 2.33. The molecule has 1 aliphatic heterocycles. The quantitative estimate of drug-likeness (QED) is 0.0910. The third-order valence-electron chi connectivity index (χ3n) is 9.16. The lowest BCUT2D eigenvalue weighted by molar-refractivity contribution is -0.253. The van der Waals surface area contributed by atoms with Gasteiger partial charge in [0.15, 0.2) is 12.4 Å². The van der Waals surface area contributed by atoms with Crippen LogP contribution in [0.25, 0.3) is 0 Å². The van der Waals surface area contributed by atoms with Crippen LogP contribution in [-0.4, -0.2) is 53.7 Å². The molecule has 1 amide bonds. The first-order chi connectivity index (χ1) is 23.3. The normalized spacial score (nSPS) is 18.5. The largest absolute Gasteiger partial charge is 0.453 e. The number of benzene rings is 2. The molecule has 268 valence electrons. The molecule has 0 aliphatic carbocycles. The van der Waals surface area contributed by atoms with Crippen LogP contribution in [0.4, 0.5) is 0 Å². The van der Waals surface area contributed by atoms with Crippen molar-refractivity contribution in [2.24, 2.45) is 0 Å². The number of amides is 1.